The molecule has 21 heavy (non-hydrogen) atoms. The quantitative estimate of drug-likeness (QED) is 0.642. The van der Waals surface area contributed by atoms with Gasteiger partial charge in [-0.25, -0.2) is 0 Å². The van der Waals surface area contributed by atoms with Crippen LogP contribution in [0.15, 0.2) is 60.7 Å². The Bertz CT molecular complexity index is 654. The number of amides is 1. The van der Waals surface area contributed by atoms with Crippen molar-refractivity contribution in [3.63, 3.8) is 0 Å². The van der Waals surface area contributed by atoms with E-state index in [-0.39, 0.29) is 11.9 Å². The van der Waals surface area contributed by atoms with Gasteiger partial charge >= 0.3 is 5.97 Å². The predicted octanol–water partition coefficient (Wildman–Crippen LogP) is 2.71. The Balaban J connectivity index is 1.96. The lowest BCUT2D eigenvalue weighted by molar-refractivity contribution is -0.160. The van der Waals surface area contributed by atoms with Crippen molar-refractivity contribution in [1.29, 1.82) is 0 Å². The highest BCUT2D eigenvalue weighted by Gasteiger charge is 2.51. The van der Waals surface area contributed by atoms with E-state index in [1.165, 1.54) is 6.92 Å². The molecule has 3 rings (SSSR count). The van der Waals surface area contributed by atoms with Crippen molar-refractivity contribution in [2.45, 2.75) is 19.1 Å². The zero-order valence-electron chi connectivity index (χ0n) is 11.6. The lowest BCUT2D eigenvalue weighted by atomic mass is 9.89. The summed E-state index contributed by atoms with van der Waals surface area (Å²) in [5.41, 5.74) is 1.76. The van der Waals surface area contributed by atoms with Gasteiger partial charge in [-0.1, -0.05) is 48.5 Å². The smallest absolute Gasteiger partial charge is 0.303 e. The first-order valence-electron chi connectivity index (χ1n) is 6.79. The number of carbonyl (C=O) groups is 2. The Kier molecular flexibility index (Phi) is 3.44. The number of para-hydroxylation sites is 1. The highest BCUT2D eigenvalue weighted by atomic mass is 16.6. The second kappa shape index (κ2) is 5.40. The molecule has 106 valence electrons. The molecule has 0 saturated carbocycles. The van der Waals surface area contributed by atoms with E-state index in [1.54, 1.807) is 4.90 Å². The lowest BCUT2D eigenvalue weighted by Crippen LogP contribution is -2.60. The summed E-state index contributed by atoms with van der Waals surface area (Å²) in [6.45, 7) is 1.32. The van der Waals surface area contributed by atoms with Crippen LogP contribution >= 0.6 is 0 Å². The summed E-state index contributed by atoms with van der Waals surface area (Å²) in [5, 5.41) is 0. The van der Waals surface area contributed by atoms with Crippen molar-refractivity contribution in [2.75, 3.05) is 4.90 Å². The fourth-order valence-electron chi connectivity index (χ4n) is 2.61. The molecule has 1 aliphatic rings. The standard InChI is InChI=1S/C17H15NO3/c1-12(19)21-16-15(13-8-4-2-5-9-13)18(17(16)20)14-10-6-3-7-11-14/h2-11,15-16H,1H3/t15-,16-/m1/s1. The van der Waals surface area contributed by atoms with Gasteiger partial charge in [0.05, 0.1) is 0 Å². The van der Waals surface area contributed by atoms with Gasteiger partial charge in [-0.15, -0.1) is 0 Å². The molecular formula is C17H15NO3. The van der Waals surface area contributed by atoms with Crippen molar-refractivity contribution in [3.05, 3.63) is 66.2 Å². The average Bonchev–Trinajstić information content (AvgIpc) is 2.51. The Morgan fingerprint density at radius 2 is 1.57 bits per heavy atom. The van der Waals surface area contributed by atoms with Crippen LogP contribution in [0.25, 0.3) is 0 Å². The van der Waals surface area contributed by atoms with E-state index in [9.17, 15) is 9.59 Å². The first-order chi connectivity index (χ1) is 10.2. The molecule has 2 atom stereocenters. The van der Waals surface area contributed by atoms with E-state index >= 15 is 0 Å². The number of β-lactam (4-membered cyclic amide) rings is 1. The van der Waals surface area contributed by atoms with Crippen LogP contribution in [0.5, 0.6) is 0 Å². The number of ether oxygens (including phenoxy) is 1. The fraction of sp³-hybridized carbons (Fsp3) is 0.176. The molecule has 4 heteroatoms. The molecular weight excluding hydrogens is 266 g/mol. The molecule has 1 aliphatic heterocycles. The molecule has 1 heterocycles. The predicted molar refractivity (Wildman–Crippen MR) is 78.7 cm³/mol. The molecule has 4 nitrogen and oxygen atoms in total. The number of benzene rings is 2. The van der Waals surface area contributed by atoms with Gasteiger partial charge in [0.2, 0.25) is 6.10 Å². The SMILES string of the molecule is CC(=O)O[C@H]1C(=O)N(c2ccccc2)[C@@H]1c1ccccc1. The monoisotopic (exact) mass is 281 g/mol. The van der Waals surface area contributed by atoms with Crippen LogP contribution in [-0.2, 0) is 14.3 Å². The zero-order chi connectivity index (χ0) is 14.8. The van der Waals surface area contributed by atoms with Crippen LogP contribution in [-0.4, -0.2) is 18.0 Å². The molecule has 0 aromatic heterocycles. The normalized spacial score (nSPS) is 20.8. The highest BCUT2D eigenvalue weighted by Crippen LogP contribution is 2.40. The molecule has 0 bridgehead atoms. The van der Waals surface area contributed by atoms with E-state index < -0.39 is 12.1 Å². The Morgan fingerprint density at radius 1 is 1.00 bits per heavy atom. The molecule has 0 aliphatic carbocycles. The Labute approximate surface area is 123 Å². The summed E-state index contributed by atoms with van der Waals surface area (Å²) in [7, 11) is 0. The highest BCUT2D eigenvalue weighted by molar-refractivity contribution is 6.05. The number of nitrogens with zero attached hydrogens (tertiary/aromatic N) is 1. The van der Waals surface area contributed by atoms with Crippen molar-refractivity contribution in [2.24, 2.45) is 0 Å². The molecule has 0 radical (unpaired) electrons. The van der Waals surface area contributed by atoms with Gasteiger partial charge in [-0.3, -0.25) is 14.5 Å². The number of carbonyl (C=O) groups excluding carboxylic acids is 2. The zero-order valence-corrected chi connectivity index (χ0v) is 11.6. The molecule has 1 amide bonds. The van der Waals surface area contributed by atoms with E-state index in [0.717, 1.165) is 11.3 Å². The Morgan fingerprint density at radius 3 is 2.14 bits per heavy atom. The summed E-state index contributed by atoms with van der Waals surface area (Å²) >= 11 is 0. The molecule has 2 aromatic rings. The summed E-state index contributed by atoms with van der Waals surface area (Å²) < 4.78 is 5.19. The summed E-state index contributed by atoms with van der Waals surface area (Å²) in [6, 6.07) is 18.7. The maximum atomic E-state index is 12.3. The maximum absolute atomic E-state index is 12.3. The van der Waals surface area contributed by atoms with Gasteiger partial charge in [0.1, 0.15) is 6.04 Å². The average molecular weight is 281 g/mol. The minimum absolute atomic E-state index is 0.190. The number of anilines is 1. The van der Waals surface area contributed by atoms with E-state index in [1.807, 2.05) is 60.7 Å². The van der Waals surface area contributed by atoms with Crippen molar-refractivity contribution < 1.29 is 14.3 Å². The van der Waals surface area contributed by atoms with Crippen LogP contribution in [0.4, 0.5) is 5.69 Å². The van der Waals surface area contributed by atoms with Gasteiger partial charge in [-0.05, 0) is 17.7 Å². The van der Waals surface area contributed by atoms with E-state index in [4.69, 9.17) is 4.74 Å². The summed E-state index contributed by atoms with van der Waals surface area (Å²) in [4.78, 5) is 25.2. The number of hydrogen-bond donors (Lipinski definition) is 0. The van der Waals surface area contributed by atoms with Crippen LogP contribution in [0.1, 0.15) is 18.5 Å². The van der Waals surface area contributed by atoms with Crippen LogP contribution in [0.3, 0.4) is 0 Å². The molecule has 0 spiro atoms. The van der Waals surface area contributed by atoms with Gasteiger partial charge in [0.15, 0.2) is 0 Å². The van der Waals surface area contributed by atoms with Crippen molar-refractivity contribution in [3.8, 4) is 0 Å². The molecule has 1 fully saturated rings. The lowest BCUT2D eigenvalue weighted by Gasteiger charge is -2.46. The summed E-state index contributed by atoms with van der Waals surface area (Å²) in [5.74, 6) is -0.632. The second-order valence-electron chi connectivity index (χ2n) is 4.93. The van der Waals surface area contributed by atoms with Crippen LogP contribution < -0.4 is 4.90 Å². The summed E-state index contributed by atoms with van der Waals surface area (Å²) in [6.07, 6.45) is -0.745. The van der Waals surface area contributed by atoms with E-state index in [0.29, 0.717) is 0 Å². The van der Waals surface area contributed by atoms with Crippen LogP contribution in [0.2, 0.25) is 0 Å². The topological polar surface area (TPSA) is 46.6 Å². The minimum Gasteiger partial charge on any atom is -0.450 e. The first kappa shape index (κ1) is 13.4. The second-order valence-corrected chi connectivity index (χ2v) is 4.93. The molecule has 0 unspecified atom stereocenters. The largest absolute Gasteiger partial charge is 0.450 e. The van der Waals surface area contributed by atoms with Gasteiger partial charge in [-0.2, -0.15) is 0 Å². The third-order valence-electron chi connectivity index (χ3n) is 3.51. The minimum atomic E-state index is -0.745. The maximum Gasteiger partial charge on any atom is 0.303 e. The molecule has 1 saturated heterocycles. The third-order valence-corrected chi connectivity index (χ3v) is 3.51. The fourth-order valence-corrected chi connectivity index (χ4v) is 2.61. The van der Waals surface area contributed by atoms with Gasteiger partial charge in [0, 0.05) is 12.6 Å². The van der Waals surface area contributed by atoms with Crippen molar-refractivity contribution >= 4 is 17.6 Å². The van der Waals surface area contributed by atoms with Gasteiger partial charge < -0.3 is 4.74 Å². The number of hydrogen-bond acceptors (Lipinski definition) is 3. The number of esters is 1. The van der Waals surface area contributed by atoms with Gasteiger partial charge in [0.25, 0.3) is 5.91 Å². The molecule has 2 aromatic carbocycles. The van der Waals surface area contributed by atoms with E-state index in [2.05, 4.69) is 0 Å². The Hall–Kier alpha value is -2.62. The first-order valence-corrected chi connectivity index (χ1v) is 6.79. The number of rotatable bonds is 3. The third kappa shape index (κ3) is 2.40. The van der Waals surface area contributed by atoms with Crippen LogP contribution in [0, 0.1) is 0 Å². The molecule has 0 N–H and O–H groups in total. The van der Waals surface area contributed by atoms with Crippen molar-refractivity contribution in [1.82, 2.24) is 0 Å².